The van der Waals surface area contributed by atoms with Gasteiger partial charge in [0.1, 0.15) is 22.9 Å². The van der Waals surface area contributed by atoms with E-state index >= 15 is 0 Å². The third-order valence-corrected chi connectivity index (χ3v) is 7.06. The highest BCUT2D eigenvalue weighted by Crippen LogP contribution is 3.02. The highest BCUT2D eigenvalue weighted by Gasteiger charge is 2.70. The van der Waals surface area contributed by atoms with E-state index in [9.17, 15) is 33.8 Å². The summed E-state index contributed by atoms with van der Waals surface area (Å²) in [6.07, 6.45) is -1.21. The molecule has 6 unspecified atom stereocenters. The molecule has 0 radical (unpaired) electrons. The normalized spacial score (nSPS) is 33.3. The van der Waals surface area contributed by atoms with Gasteiger partial charge in [0.05, 0.1) is 11.8 Å². The van der Waals surface area contributed by atoms with Gasteiger partial charge in [-0.05, 0) is 37.6 Å². The molecule has 1 aliphatic heterocycles. The summed E-state index contributed by atoms with van der Waals surface area (Å²) in [5.41, 5.74) is 0.117. The van der Waals surface area contributed by atoms with E-state index in [0.29, 0.717) is 18.6 Å². The number of fused-ring (bicyclic) bond motifs is 1. The van der Waals surface area contributed by atoms with Gasteiger partial charge in [0, 0.05) is 17.4 Å². The maximum Gasteiger partial charge on any atom is 0.333 e. The predicted molar refractivity (Wildman–Crippen MR) is 96.6 cm³/mol. The maximum absolute atomic E-state index is 12.8. The Balaban J connectivity index is 1.54. The Morgan fingerprint density at radius 2 is 1.71 bits per heavy atom. The molecule has 3 aliphatic rings. The number of ether oxygens (including phenoxy) is 3. The van der Waals surface area contributed by atoms with Crippen LogP contribution in [0.15, 0.2) is 41.3 Å². The lowest BCUT2D eigenvalue weighted by Gasteiger charge is -2.40. The summed E-state index contributed by atoms with van der Waals surface area (Å²) in [4.78, 5) is 34.8. The highest BCUT2D eigenvalue weighted by atomic mass is 32.5. The first-order valence-corrected chi connectivity index (χ1v) is 11.1. The van der Waals surface area contributed by atoms with Gasteiger partial charge in [0.25, 0.3) is 0 Å². The Morgan fingerprint density at radius 3 is 2.26 bits per heavy atom. The Hall–Kier alpha value is -2.63. The molecule has 6 atom stereocenters. The molecule has 2 saturated carbocycles. The molecule has 3 fully saturated rings. The third kappa shape index (κ3) is 3.66. The van der Waals surface area contributed by atoms with Crippen molar-refractivity contribution in [3.8, 4) is 5.75 Å². The molecular formula is C19H17F5O6S. The summed E-state index contributed by atoms with van der Waals surface area (Å²) in [5, 5.41) is 0. The van der Waals surface area contributed by atoms with Crippen LogP contribution < -0.4 is 4.74 Å². The second kappa shape index (κ2) is 5.99. The lowest BCUT2D eigenvalue weighted by Crippen LogP contribution is -2.44. The zero-order chi connectivity index (χ0) is 23.0. The lowest BCUT2D eigenvalue weighted by molar-refractivity contribution is -0.160. The SMILES string of the molecule is C=C(C)C(=O)OC1C2CC3C1OC(=O)C3C2C(=O)Oc1ccc(S(F)(F)(F)(F)F)cc1. The molecule has 1 saturated heterocycles. The van der Waals surface area contributed by atoms with E-state index in [4.69, 9.17) is 14.2 Å². The minimum absolute atomic E-state index is 0.117. The monoisotopic (exact) mass is 468 g/mol. The number of halogens is 5. The molecular weight excluding hydrogens is 451 g/mol. The zero-order valence-electron chi connectivity index (χ0n) is 15.9. The van der Waals surface area contributed by atoms with Gasteiger partial charge in [0.15, 0.2) is 0 Å². The van der Waals surface area contributed by atoms with Gasteiger partial charge < -0.3 is 14.2 Å². The van der Waals surface area contributed by atoms with Gasteiger partial charge in [-0.15, -0.1) is 0 Å². The van der Waals surface area contributed by atoms with Crippen LogP contribution in [0.25, 0.3) is 0 Å². The van der Waals surface area contributed by atoms with Crippen molar-refractivity contribution in [3.05, 3.63) is 36.4 Å². The summed E-state index contributed by atoms with van der Waals surface area (Å²) >= 11 is 0. The van der Waals surface area contributed by atoms with Crippen molar-refractivity contribution in [2.24, 2.45) is 23.7 Å². The van der Waals surface area contributed by atoms with Crippen LogP contribution >= 0.6 is 10.2 Å². The summed E-state index contributed by atoms with van der Waals surface area (Å²) < 4.78 is 79.9. The van der Waals surface area contributed by atoms with E-state index in [1.807, 2.05) is 0 Å². The van der Waals surface area contributed by atoms with E-state index in [1.54, 1.807) is 0 Å². The van der Waals surface area contributed by atoms with Gasteiger partial charge in [-0.1, -0.05) is 26.0 Å². The minimum atomic E-state index is -9.86. The zero-order valence-corrected chi connectivity index (χ0v) is 16.8. The summed E-state index contributed by atoms with van der Waals surface area (Å²) in [5.74, 6) is -5.52. The van der Waals surface area contributed by atoms with E-state index in [1.165, 1.54) is 6.92 Å². The molecule has 2 aliphatic carbocycles. The fraction of sp³-hybridized carbons (Fsp3) is 0.421. The number of esters is 3. The summed E-state index contributed by atoms with van der Waals surface area (Å²) in [7, 11) is -9.86. The molecule has 0 amide bonds. The predicted octanol–water partition coefficient (Wildman–Crippen LogP) is 4.54. The standard InChI is InChI=1S/C19H17F5O6S/c1-8(2)17(25)29-15-11-7-12-14(19(27)30-16(12)15)13(11)18(26)28-9-3-5-10(6-4-9)31(20,21,22,23)24/h3-6,11-16H,1,7H2,2H3. The molecule has 31 heavy (non-hydrogen) atoms. The topological polar surface area (TPSA) is 78.9 Å². The van der Waals surface area contributed by atoms with Gasteiger partial charge in [-0.25, -0.2) is 4.79 Å². The summed E-state index contributed by atoms with van der Waals surface area (Å²) in [6.45, 7) is 4.91. The third-order valence-electron chi connectivity index (χ3n) is 5.90. The van der Waals surface area contributed by atoms with Crippen LogP contribution in [0, 0.1) is 23.7 Å². The number of carbonyl (C=O) groups excluding carboxylic acids is 3. The fourth-order valence-corrected chi connectivity index (χ4v) is 5.29. The van der Waals surface area contributed by atoms with Crippen molar-refractivity contribution in [3.63, 3.8) is 0 Å². The maximum atomic E-state index is 12.8. The quantitative estimate of drug-likeness (QED) is 0.273. The Labute approximate surface area is 173 Å². The number of rotatable bonds is 5. The molecule has 4 rings (SSSR count). The van der Waals surface area contributed by atoms with Gasteiger partial charge >= 0.3 is 28.1 Å². The highest BCUT2D eigenvalue weighted by molar-refractivity contribution is 8.45. The Bertz CT molecular complexity index is 1010. The van der Waals surface area contributed by atoms with Gasteiger partial charge in [0.2, 0.25) is 0 Å². The first-order valence-electron chi connectivity index (χ1n) is 9.19. The molecule has 170 valence electrons. The molecule has 1 heterocycles. The minimum Gasteiger partial charge on any atom is -0.458 e. The molecule has 2 bridgehead atoms. The molecule has 12 heteroatoms. The van der Waals surface area contributed by atoms with Crippen LogP contribution in [0.1, 0.15) is 13.3 Å². The van der Waals surface area contributed by atoms with Crippen molar-refractivity contribution in [1.82, 2.24) is 0 Å². The fourth-order valence-electron chi connectivity index (χ4n) is 4.64. The van der Waals surface area contributed by atoms with Crippen LogP contribution in [0.5, 0.6) is 5.75 Å². The molecule has 0 aromatic heterocycles. The van der Waals surface area contributed by atoms with Crippen molar-refractivity contribution in [2.75, 3.05) is 0 Å². The van der Waals surface area contributed by atoms with E-state index in [0.717, 1.165) is 0 Å². The number of carbonyl (C=O) groups is 3. The first kappa shape index (κ1) is 21.6. The van der Waals surface area contributed by atoms with Gasteiger partial charge in [-0.3, -0.25) is 9.59 Å². The second-order valence-electron chi connectivity index (χ2n) is 8.03. The molecule has 1 aromatic carbocycles. The van der Waals surface area contributed by atoms with E-state index < -0.39 is 68.7 Å². The van der Waals surface area contributed by atoms with Crippen molar-refractivity contribution in [2.45, 2.75) is 30.4 Å². The van der Waals surface area contributed by atoms with Crippen LogP contribution in [0.2, 0.25) is 0 Å². The molecule has 1 aromatic rings. The first-order chi connectivity index (χ1) is 14.1. The van der Waals surface area contributed by atoms with Crippen LogP contribution in [-0.2, 0) is 23.9 Å². The van der Waals surface area contributed by atoms with Crippen LogP contribution in [0.4, 0.5) is 19.4 Å². The molecule has 6 nitrogen and oxygen atoms in total. The van der Waals surface area contributed by atoms with Crippen LogP contribution in [-0.4, -0.2) is 30.1 Å². The molecule has 0 N–H and O–H groups in total. The largest absolute Gasteiger partial charge is 0.458 e. The Kier molecular flexibility index (Phi) is 4.17. The average Bonchev–Trinajstić information content (AvgIpc) is 3.23. The summed E-state index contributed by atoms with van der Waals surface area (Å²) in [6, 6.07) is 1.46. The van der Waals surface area contributed by atoms with Crippen molar-refractivity contribution in [1.29, 1.82) is 0 Å². The number of hydrogen-bond acceptors (Lipinski definition) is 6. The van der Waals surface area contributed by atoms with E-state index in [2.05, 4.69) is 6.58 Å². The van der Waals surface area contributed by atoms with E-state index in [-0.39, 0.29) is 23.6 Å². The van der Waals surface area contributed by atoms with Crippen LogP contribution in [0.3, 0.4) is 0 Å². The number of benzene rings is 1. The molecule has 0 spiro atoms. The smallest absolute Gasteiger partial charge is 0.333 e. The van der Waals surface area contributed by atoms with Crippen molar-refractivity contribution >= 4 is 28.1 Å². The number of hydrogen-bond donors (Lipinski definition) is 0. The average molecular weight is 468 g/mol. The van der Waals surface area contributed by atoms with Crippen molar-refractivity contribution < 1.29 is 48.0 Å². The second-order valence-corrected chi connectivity index (χ2v) is 10.4. The van der Waals surface area contributed by atoms with Gasteiger partial charge in [-0.2, -0.15) is 0 Å². The lowest BCUT2D eigenvalue weighted by atomic mass is 9.78. The Morgan fingerprint density at radius 1 is 1.10 bits per heavy atom.